The van der Waals surface area contributed by atoms with Gasteiger partial charge in [-0.15, -0.1) is 0 Å². The summed E-state index contributed by atoms with van der Waals surface area (Å²) in [6.45, 7) is 4.29. The molecular weight excluding hydrogens is 679 g/mol. The predicted molar refractivity (Wildman–Crippen MR) is 238 cm³/mol. The molecule has 0 aliphatic carbocycles. The summed E-state index contributed by atoms with van der Waals surface area (Å²) in [5, 5.41) is 7.39. The standard InChI is InChI=1S/C54H37NO/c1-37-12-8-9-35-56-54-46(37)20-11-22-50(54)42-29-33-45(34-30-42)55(53-36-43-14-3-5-17-49(43)51-18-6-7-19-52(51)53)44-31-27-39(28-32-44)38-23-25-41(26-24-38)48-21-10-15-40-13-2-4-16-47(40)48/h2-36H,1H2/b12-8-,35-9-. The lowest BCUT2D eigenvalue weighted by Crippen LogP contribution is -2.10. The number of anilines is 3. The van der Waals surface area contributed by atoms with Gasteiger partial charge in [0.1, 0.15) is 5.75 Å². The molecular formula is C54H37NO. The third-order valence-corrected chi connectivity index (χ3v) is 10.9. The first-order chi connectivity index (χ1) is 27.7. The minimum Gasteiger partial charge on any atom is -0.464 e. The highest BCUT2D eigenvalue weighted by molar-refractivity contribution is 6.14. The number of hydrogen-bond donors (Lipinski definition) is 0. The van der Waals surface area contributed by atoms with E-state index in [0.717, 1.165) is 45.1 Å². The summed E-state index contributed by atoms with van der Waals surface area (Å²) in [6, 6.07) is 67.8. The monoisotopic (exact) mass is 715 g/mol. The van der Waals surface area contributed by atoms with Crippen LogP contribution in [0.2, 0.25) is 0 Å². The number of hydrogen-bond acceptors (Lipinski definition) is 2. The van der Waals surface area contributed by atoms with Gasteiger partial charge in [0.05, 0.1) is 11.9 Å². The van der Waals surface area contributed by atoms with E-state index in [2.05, 4.69) is 200 Å². The zero-order chi connectivity index (χ0) is 37.4. The van der Waals surface area contributed by atoms with E-state index >= 15 is 0 Å². The average Bonchev–Trinajstić information content (AvgIpc) is 3.26. The first-order valence-electron chi connectivity index (χ1n) is 19.0. The van der Waals surface area contributed by atoms with Crippen molar-refractivity contribution in [2.75, 3.05) is 4.90 Å². The number of allylic oxidation sites excluding steroid dienone is 4. The Balaban J connectivity index is 1.06. The van der Waals surface area contributed by atoms with E-state index in [1.165, 1.54) is 54.6 Å². The van der Waals surface area contributed by atoms with Crippen LogP contribution < -0.4 is 9.64 Å². The molecule has 9 aromatic carbocycles. The smallest absolute Gasteiger partial charge is 0.142 e. The van der Waals surface area contributed by atoms with Crippen LogP contribution in [-0.4, -0.2) is 0 Å². The van der Waals surface area contributed by atoms with Gasteiger partial charge in [-0.3, -0.25) is 0 Å². The number of fused-ring (bicyclic) bond motifs is 5. The molecule has 0 amide bonds. The van der Waals surface area contributed by atoms with E-state index < -0.39 is 0 Å². The van der Waals surface area contributed by atoms with Gasteiger partial charge < -0.3 is 9.64 Å². The summed E-state index contributed by atoms with van der Waals surface area (Å²) in [4.78, 5) is 2.38. The van der Waals surface area contributed by atoms with E-state index in [1.54, 1.807) is 6.26 Å². The van der Waals surface area contributed by atoms with Crippen molar-refractivity contribution in [1.29, 1.82) is 0 Å². The molecule has 0 spiro atoms. The lowest BCUT2D eigenvalue weighted by molar-refractivity contribution is 0.481. The van der Waals surface area contributed by atoms with Crippen LogP contribution in [0.25, 0.3) is 71.3 Å². The Labute approximate surface area is 327 Å². The van der Waals surface area contributed by atoms with Crippen molar-refractivity contribution in [2.24, 2.45) is 0 Å². The van der Waals surface area contributed by atoms with Crippen molar-refractivity contribution < 1.29 is 4.74 Å². The third-order valence-electron chi connectivity index (χ3n) is 10.9. The second-order valence-corrected chi connectivity index (χ2v) is 14.2. The maximum Gasteiger partial charge on any atom is 0.142 e. The summed E-state index contributed by atoms with van der Waals surface area (Å²) in [6.07, 6.45) is 7.60. The summed E-state index contributed by atoms with van der Waals surface area (Å²) in [7, 11) is 0. The molecule has 0 aromatic heterocycles. The SMILES string of the molecule is C=C1/C=C\C=C/Oc2c1cccc2-c1ccc(N(c2ccc(-c3ccc(-c4cccc5ccccc45)cc3)cc2)c2cc3ccccc3c3ccccc23)cc1. The van der Waals surface area contributed by atoms with Gasteiger partial charge in [0.2, 0.25) is 0 Å². The van der Waals surface area contributed by atoms with E-state index in [9.17, 15) is 0 Å². The molecule has 0 unspecified atom stereocenters. The zero-order valence-electron chi connectivity index (χ0n) is 30.8. The van der Waals surface area contributed by atoms with Gasteiger partial charge in [0.25, 0.3) is 0 Å². The summed E-state index contributed by atoms with van der Waals surface area (Å²) >= 11 is 0. The molecule has 0 fully saturated rings. The fourth-order valence-corrected chi connectivity index (χ4v) is 8.12. The molecule has 10 rings (SSSR count). The number of ether oxygens (including phenoxy) is 1. The second-order valence-electron chi connectivity index (χ2n) is 14.2. The number of para-hydroxylation sites is 1. The number of nitrogens with zero attached hydrogens (tertiary/aromatic N) is 1. The van der Waals surface area contributed by atoms with Crippen LogP contribution in [0.4, 0.5) is 17.1 Å². The van der Waals surface area contributed by atoms with Crippen LogP contribution in [0.5, 0.6) is 5.75 Å². The zero-order valence-corrected chi connectivity index (χ0v) is 30.8. The molecule has 0 saturated carbocycles. The number of rotatable bonds is 6. The fraction of sp³-hybridized carbons (Fsp3) is 0. The van der Waals surface area contributed by atoms with Crippen LogP contribution in [0.15, 0.2) is 219 Å². The normalized spacial score (nSPS) is 13.5. The quantitative estimate of drug-likeness (QED) is 0.159. The molecule has 1 aliphatic heterocycles. The Kier molecular flexibility index (Phi) is 8.35. The lowest BCUT2D eigenvalue weighted by atomic mass is 9.96. The van der Waals surface area contributed by atoms with Gasteiger partial charge in [0.15, 0.2) is 0 Å². The Morgan fingerprint density at radius 3 is 1.66 bits per heavy atom. The largest absolute Gasteiger partial charge is 0.464 e. The van der Waals surface area contributed by atoms with E-state index in [1.807, 2.05) is 18.2 Å². The Bertz CT molecular complexity index is 2980. The molecule has 0 bridgehead atoms. The average molecular weight is 716 g/mol. The number of benzene rings is 9. The molecule has 0 saturated heterocycles. The predicted octanol–water partition coefficient (Wildman–Crippen LogP) is 15.1. The summed E-state index contributed by atoms with van der Waals surface area (Å²) < 4.78 is 6.18. The first-order valence-corrected chi connectivity index (χ1v) is 19.0. The highest BCUT2D eigenvalue weighted by atomic mass is 16.5. The summed E-state index contributed by atoms with van der Waals surface area (Å²) in [5.41, 5.74) is 12.1. The molecule has 9 aromatic rings. The van der Waals surface area contributed by atoms with Gasteiger partial charge in [0, 0.05) is 27.9 Å². The van der Waals surface area contributed by atoms with Crippen LogP contribution in [0, 0.1) is 0 Å². The maximum atomic E-state index is 6.18. The highest BCUT2D eigenvalue weighted by Crippen LogP contribution is 2.44. The molecule has 0 atom stereocenters. The summed E-state index contributed by atoms with van der Waals surface area (Å²) in [5.74, 6) is 0.809. The highest BCUT2D eigenvalue weighted by Gasteiger charge is 2.19. The Morgan fingerprint density at radius 2 is 0.911 bits per heavy atom. The second kappa shape index (κ2) is 14.1. The van der Waals surface area contributed by atoms with Gasteiger partial charge in [-0.2, -0.15) is 0 Å². The van der Waals surface area contributed by atoms with E-state index in [4.69, 9.17) is 4.74 Å². The van der Waals surface area contributed by atoms with Crippen molar-refractivity contribution in [1.82, 2.24) is 0 Å². The topological polar surface area (TPSA) is 12.5 Å². The molecule has 2 nitrogen and oxygen atoms in total. The molecule has 2 heteroatoms. The van der Waals surface area contributed by atoms with Crippen molar-refractivity contribution in [2.45, 2.75) is 0 Å². The minimum atomic E-state index is 0.809. The fourth-order valence-electron chi connectivity index (χ4n) is 8.12. The van der Waals surface area contributed by atoms with Crippen molar-refractivity contribution in [3.05, 3.63) is 225 Å². The van der Waals surface area contributed by atoms with Gasteiger partial charge in [-0.05, 0) is 96.7 Å². The first kappa shape index (κ1) is 33.2. The van der Waals surface area contributed by atoms with Crippen molar-refractivity contribution in [3.63, 3.8) is 0 Å². The van der Waals surface area contributed by atoms with E-state index in [-0.39, 0.29) is 0 Å². The third kappa shape index (κ3) is 5.95. The van der Waals surface area contributed by atoms with Crippen LogP contribution in [0.1, 0.15) is 5.56 Å². The maximum absolute atomic E-state index is 6.18. The van der Waals surface area contributed by atoms with E-state index in [0.29, 0.717) is 0 Å². The van der Waals surface area contributed by atoms with Gasteiger partial charge in [-0.1, -0.05) is 176 Å². The molecule has 0 N–H and O–H groups in total. The van der Waals surface area contributed by atoms with Gasteiger partial charge >= 0.3 is 0 Å². The molecule has 264 valence electrons. The molecule has 1 aliphatic rings. The van der Waals surface area contributed by atoms with Crippen LogP contribution in [0.3, 0.4) is 0 Å². The minimum absolute atomic E-state index is 0.809. The molecule has 1 heterocycles. The van der Waals surface area contributed by atoms with Gasteiger partial charge in [-0.25, -0.2) is 0 Å². The van der Waals surface area contributed by atoms with Crippen molar-refractivity contribution >= 4 is 55.0 Å². The van der Waals surface area contributed by atoms with Crippen LogP contribution in [-0.2, 0) is 0 Å². The van der Waals surface area contributed by atoms with Crippen molar-refractivity contribution in [3.8, 4) is 39.1 Å². The van der Waals surface area contributed by atoms with Crippen LogP contribution >= 0.6 is 0 Å². The Hall–Kier alpha value is -7.42. The lowest BCUT2D eigenvalue weighted by Gasteiger charge is -2.28. The Morgan fingerprint density at radius 1 is 0.393 bits per heavy atom. The molecule has 0 radical (unpaired) electrons. The molecule has 56 heavy (non-hydrogen) atoms.